The molecule has 350 valence electrons. The number of piperidine rings is 1. The Balaban J connectivity index is 0.000000283. The Morgan fingerprint density at radius 1 is 0.672 bits per heavy atom. The van der Waals surface area contributed by atoms with Crippen LogP contribution in [0.3, 0.4) is 0 Å². The summed E-state index contributed by atoms with van der Waals surface area (Å²) in [7, 11) is 5.54. The van der Waals surface area contributed by atoms with E-state index in [1.807, 2.05) is 98.8 Å². The van der Waals surface area contributed by atoms with Crippen LogP contribution in [0.25, 0.3) is 0 Å². The minimum atomic E-state index is -0.604. The number of rotatable bonds is 8. The quantitative estimate of drug-likeness (QED) is 0.160. The molecule has 1 fully saturated rings. The second-order valence-corrected chi connectivity index (χ2v) is 18.5. The van der Waals surface area contributed by atoms with E-state index in [-0.39, 0.29) is 61.4 Å². The third-order valence-electron chi connectivity index (χ3n) is 12.2. The standard InChI is InChI=1S/C27H39N3O4.C24H33NO5/c1-20-26(22-10-6-4-7-11-22)34-25(32)13-9-5-8-12-23(27(33)30(20)3)18-24(31)28-19-21-14-16-29(2)17-15-21;1-17-22(18-12-8-6-9-13-18)29-20(26)15-11-7-10-14-19(23(28)25(17)5)16-21(27)30-24(2,3)4/h4-8,10-11,20-21,23,26H,9,12-19H2,1-3H3,(H,28,31);6-10,12-13,17,19,22H,11,14-16H2,1-5H3/b8-5+;10-7+/t20-,23-,26-;17-,19-,22-/m00/s1. The van der Waals surface area contributed by atoms with Gasteiger partial charge in [0.15, 0.2) is 0 Å². The lowest BCUT2D eigenvalue weighted by Crippen LogP contribution is -2.44. The van der Waals surface area contributed by atoms with Crippen molar-refractivity contribution in [1.82, 2.24) is 20.0 Å². The smallest absolute Gasteiger partial charge is 0.307 e. The average Bonchev–Trinajstić information content (AvgIpc) is 3.27. The summed E-state index contributed by atoms with van der Waals surface area (Å²) in [5, 5.41) is 3.07. The van der Waals surface area contributed by atoms with Gasteiger partial charge < -0.3 is 34.2 Å². The fraction of sp³-hybridized carbons (Fsp3) is 0.569. The molecular weight excluding hydrogens is 813 g/mol. The molecule has 13 heteroatoms. The van der Waals surface area contributed by atoms with E-state index in [0.717, 1.165) is 37.1 Å². The van der Waals surface area contributed by atoms with E-state index in [2.05, 4.69) is 17.3 Å². The summed E-state index contributed by atoms with van der Waals surface area (Å²) in [5.41, 5.74) is 1.07. The molecule has 3 amide bonds. The summed E-state index contributed by atoms with van der Waals surface area (Å²) >= 11 is 0. The molecule has 3 aliphatic rings. The maximum absolute atomic E-state index is 13.5. The normalized spacial score (nSPS) is 25.9. The van der Waals surface area contributed by atoms with Crippen LogP contribution in [0.4, 0.5) is 0 Å². The Bertz CT molecular complexity index is 1890. The molecule has 2 aromatic rings. The van der Waals surface area contributed by atoms with Crippen molar-refractivity contribution < 1.29 is 43.0 Å². The van der Waals surface area contributed by atoms with E-state index in [9.17, 15) is 28.8 Å². The predicted molar refractivity (Wildman–Crippen MR) is 246 cm³/mol. The fourth-order valence-electron chi connectivity index (χ4n) is 8.07. The number of carbonyl (C=O) groups is 6. The van der Waals surface area contributed by atoms with Gasteiger partial charge in [-0.2, -0.15) is 0 Å². The van der Waals surface area contributed by atoms with Gasteiger partial charge in [0.2, 0.25) is 17.7 Å². The number of allylic oxidation sites excluding steroid dienone is 4. The van der Waals surface area contributed by atoms with Gasteiger partial charge in [0.05, 0.1) is 30.3 Å². The van der Waals surface area contributed by atoms with E-state index >= 15 is 0 Å². The molecule has 2 aromatic carbocycles. The summed E-state index contributed by atoms with van der Waals surface area (Å²) in [6.07, 6.45) is 11.2. The van der Waals surface area contributed by atoms with Gasteiger partial charge in [-0.3, -0.25) is 28.8 Å². The molecule has 0 radical (unpaired) electrons. The third kappa shape index (κ3) is 16.7. The van der Waals surface area contributed by atoms with Crippen LogP contribution in [0, 0.1) is 17.8 Å². The van der Waals surface area contributed by atoms with Gasteiger partial charge in [-0.1, -0.05) is 85.0 Å². The number of benzene rings is 2. The molecule has 0 unspecified atom stereocenters. The number of esters is 3. The van der Waals surface area contributed by atoms with Crippen molar-refractivity contribution in [3.8, 4) is 0 Å². The highest BCUT2D eigenvalue weighted by atomic mass is 16.6. The molecular formula is C51H72N4O9. The Morgan fingerprint density at radius 2 is 1.11 bits per heavy atom. The van der Waals surface area contributed by atoms with E-state index in [4.69, 9.17) is 14.2 Å². The first-order valence-electron chi connectivity index (χ1n) is 22.9. The number of likely N-dealkylation sites (N-methyl/N-ethyl adjacent to an activating group) is 2. The van der Waals surface area contributed by atoms with Crippen LogP contribution in [-0.2, 0) is 43.0 Å². The molecule has 3 heterocycles. The highest BCUT2D eigenvalue weighted by Crippen LogP contribution is 2.30. The van der Waals surface area contributed by atoms with Crippen LogP contribution in [0.1, 0.15) is 122 Å². The molecule has 0 spiro atoms. The Labute approximate surface area is 380 Å². The van der Waals surface area contributed by atoms with E-state index < -0.39 is 41.7 Å². The Kier molecular flexibility index (Phi) is 20.3. The molecule has 1 saturated heterocycles. The van der Waals surface area contributed by atoms with Crippen LogP contribution < -0.4 is 5.32 Å². The molecule has 13 nitrogen and oxygen atoms in total. The summed E-state index contributed by atoms with van der Waals surface area (Å²) in [4.78, 5) is 82.2. The molecule has 0 aliphatic carbocycles. The average molecular weight is 885 g/mol. The zero-order valence-electron chi connectivity index (χ0n) is 39.3. The van der Waals surface area contributed by atoms with Crippen molar-refractivity contribution in [3.63, 3.8) is 0 Å². The van der Waals surface area contributed by atoms with Gasteiger partial charge in [-0.25, -0.2) is 0 Å². The first-order chi connectivity index (χ1) is 30.4. The monoisotopic (exact) mass is 885 g/mol. The van der Waals surface area contributed by atoms with Gasteiger partial charge in [-0.05, 0) is 110 Å². The van der Waals surface area contributed by atoms with Gasteiger partial charge >= 0.3 is 17.9 Å². The number of hydrogen-bond acceptors (Lipinski definition) is 10. The minimum absolute atomic E-state index is 0.00724. The molecule has 6 atom stereocenters. The highest BCUT2D eigenvalue weighted by molar-refractivity contribution is 5.86. The predicted octanol–water partition coefficient (Wildman–Crippen LogP) is 7.53. The van der Waals surface area contributed by atoms with E-state index in [1.54, 1.807) is 44.7 Å². The van der Waals surface area contributed by atoms with Crippen LogP contribution in [0.5, 0.6) is 0 Å². The van der Waals surface area contributed by atoms with Gasteiger partial charge in [0.25, 0.3) is 0 Å². The zero-order chi connectivity index (χ0) is 46.8. The number of nitrogens with zero attached hydrogens (tertiary/aromatic N) is 3. The van der Waals surface area contributed by atoms with Crippen LogP contribution in [0.2, 0.25) is 0 Å². The molecule has 3 aliphatic heterocycles. The maximum atomic E-state index is 13.5. The fourth-order valence-corrected chi connectivity index (χ4v) is 8.07. The second kappa shape index (κ2) is 25.3. The summed E-state index contributed by atoms with van der Waals surface area (Å²) < 4.78 is 17.0. The number of amides is 3. The Morgan fingerprint density at radius 3 is 1.55 bits per heavy atom. The number of nitrogens with one attached hydrogen (secondary N) is 1. The number of hydrogen-bond donors (Lipinski definition) is 1. The lowest BCUT2D eigenvalue weighted by molar-refractivity contribution is -0.160. The van der Waals surface area contributed by atoms with Crippen LogP contribution >= 0.6 is 0 Å². The third-order valence-corrected chi connectivity index (χ3v) is 12.2. The van der Waals surface area contributed by atoms with Crippen molar-refractivity contribution in [2.45, 2.75) is 129 Å². The molecule has 0 saturated carbocycles. The summed E-state index contributed by atoms with van der Waals surface area (Å²) in [6, 6.07) is 18.2. The van der Waals surface area contributed by atoms with Gasteiger partial charge in [-0.15, -0.1) is 0 Å². The van der Waals surface area contributed by atoms with Crippen molar-refractivity contribution >= 4 is 35.6 Å². The SMILES string of the molecule is C[C@H]1[C@@H](c2ccccc2)OC(=O)CC/C=C/C[C@@H](CC(=O)NCC2CCN(C)CC2)C(=O)N1C.C[C@H]1[C@@H](c2ccccc2)OC(=O)CC/C=C/C[C@@H](CC(=O)OC(C)(C)C)C(=O)N1C. The molecule has 0 aromatic heterocycles. The minimum Gasteiger partial charge on any atom is -0.460 e. The molecule has 1 N–H and O–H groups in total. The van der Waals surface area contributed by atoms with Crippen molar-refractivity contribution in [3.05, 3.63) is 96.1 Å². The lowest BCUT2D eigenvalue weighted by atomic mass is 9.95. The number of likely N-dealkylation sites (tertiary alicyclic amines) is 1. The number of cyclic esters (lactones) is 2. The number of ether oxygens (including phenoxy) is 3. The van der Waals surface area contributed by atoms with Crippen LogP contribution in [-0.4, -0.2) is 109 Å². The first kappa shape index (κ1) is 51.3. The maximum Gasteiger partial charge on any atom is 0.307 e. The first-order valence-corrected chi connectivity index (χ1v) is 22.9. The van der Waals surface area contributed by atoms with Crippen LogP contribution in [0.15, 0.2) is 85.0 Å². The molecule has 64 heavy (non-hydrogen) atoms. The summed E-state index contributed by atoms with van der Waals surface area (Å²) in [5.74, 6) is -1.82. The molecule has 5 rings (SSSR count). The van der Waals surface area contributed by atoms with Crippen molar-refractivity contribution in [2.75, 3.05) is 40.8 Å². The zero-order valence-corrected chi connectivity index (χ0v) is 39.3. The van der Waals surface area contributed by atoms with Crippen molar-refractivity contribution in [1.29, 1.82) is 0 Å². The Hall–Kier alpha value is -5.30. The topological polar surface area (TPSA) is 152 Å². The highest BCUT2D eigenvalue weighted by Gasteiger charge is 2.35. The second-order valence-electron chi connectivity index (χ2n) is 18.5. The molecule has 0 bridgehead atoms. The van der Waals surface area contributed by atoms with Gasteiger partial charge in [0, 0.05) is 39.9 Å². The summed E-state index contributed by atoms with van der Waals surface area (Å²) in [6.45, 7) is 11.9. The number of carbonyl (C=O) groups excluding carboxylic acids is 6. The van der Waals surface area contributed by atoms with Gasteiger partial charge in [0.1, 0.15) is 17.8 Å². The largest absolute Gasteiger partial charge is 0.460 e. The van der Waals surface area contributed by atoms with E-state index in [0.29, 0.717) is 38.1 Å². The van der Waals surface area contributed by atoms with E-state index in [1.165, 1.54) is 0 Å². The lowest BCUT2D eigenvalue weighted by Gasteiger charge is -2.34. The van der Waals surface area contributed by atoms with Crippen molar-refractivity contribution in [2.24, 2.45) is 17.8 Å².